The van der Waals surface area contributed by atoms with Crippen molar-refractivity contribution in [1.82, 2.24) is 0 Å². The van der Waals surface area contributed by atoms with Gasteiger partial charge in [-0.25, -0.2) is 0 Å². The molecule has 0 fully saturated rings. The third-order valence-electron chi connectivity index (χ3n) is 3.67. The van der Waals surface area contributed by atoms with Crippen LogP contribution in [0.2, 0.25) is 0 Å². The molecule has 6 heteroatoms. The van der Waals surface area contributed by atoms with Crippen LogP contribution in [0.25, 0.3) is 0 Å². The first-order valence-electron chi connectivity index (χ1n) is 7.98. The van der Waals surface area contributed by atoms with Crippen molar-refractivity contribution in [2.24, 2.45) is 10.3 Å². The molecule has 132 valence electrons. The van der Waals surface area contributed by atoms with E-state index >= 15 is 0 Å². The summed E-state index contributed by atoms with van der Waals surface area (Å²) in [5, 5.41) is 23.8. The Morgan fingerprint density at radius 1 is 0.720 bits per heavy atom. The lowest BCUT2D eigenvalue weighted by molar-refractivity contribution is 0.247. The highest BCUT2D eigenvalue weighted by atomic mass is 16.5. The van der Waals surface area contributed by atoms with Crippen molar-refractivity contribution in [3.63, 3.8) is 0 Å². The first-order valence-corrected chi connectivity index (χ1v) is 7.98. The molecular weight excluding hydrogens is 320 g/mol. The molecule has 0 spiro atoms. The molecule has 6 nitrogen and oxygen atoms in total. The summed E-state index contributed by atoms with van der Waals surface area (Å²) >= 11 is 0. The lowest BCUT2D eigenvalue weighted by atomic mass is 10.1. The maximum absolute atomic E-state index is 8.73. The van der Waals surface area contributed by atoms with E-state index < -0.39 is 0 Å². The van der Waals surface area contributed by atoms with Crippen molar-refractivity contribution in [2.75, 3.05) is 13.2 Å². The predicted molar refractivity (Wildman–Crippen MR) is 96.5 cm³/mol. The summed E-state index contributed by atoms with van der Waals surface area (Å²) in [7, 11) is 0. The maximum Gasteiger partial charge on any atom is 0.119 e. The summed E-state index contributed by atoms with van der Waals surface area (Å²) in [6, 6.07) is 14.8. The van der Waals surface area contributed by atoms with E-state index in [0.717, 1.165) is 29.0 Å². The average molecular weight is 342 g/mol. The summed E-state index contributed by atoms with van der Waals surface area (Å²) in [5.41, 5.74) is 2.82. The summed E-state index contributed by atoms with van der Waals surface area (Å²) in [6.07, 6.45) is 0.748. The van der Waals surface area contributed by atoms with Crippen LogP contribution in [0.1, 0.15) is 31.4 Å². The van der Waals surface area contributed by atoms with Gasteiger partial charge in [0, 0.05) is 6.42 Å². The first kappa shape index (κ1) is 18.3. The van der Waals surface area contributed by atoms with Gasteiger partial charge in [0.25, 0.3) is 0 Å². The van der Waals surface area contributed by atoms with Crippen LogP contribution in [-0.2, 0) is 0 Å². The van der Waals surface area contributed by atoms with E-state index in [0.29, 0.717) is 24.6 Å². The van der Waals surface area contributed by atoms with Gasteiger partial charge < -0.3 is 19.9 Å². The van der Waals surface area contributed by atoms with Gasteiger partial charge in [-0.15, -0.1) is 0 Å². The molecule has 0 aromatic heterocycles. The SMILES string of the molecule is C/C(=N/O)c1ccc(OCCCOc2ccc(/C(C)=N\O)cc2)cc1. The van der Waals surface area contributed by atoms with Crippen molar-refractivity contribution in [1.29, 1.82) is 0 Å². The van der Waals surface area contributed by atoms with Crippen LogP contribution in [0.3, 0.4) is 0 Å². The molecule has 2 rings (SSSR count). The van der Waals surface area contributed by atoms with Gasteiger partial charge in [-0.1, -0.05) is 10.3 Å². The molecule has 0 aliphatic carbocycles. The third kappa shape index (κ3) is 5.53. The van der Waals surface area contributed by atoms with Gasteiger partial charge in [0.15, 0.2) is 0 Å². The standard InChI is InChI=1S/C19H22N2O4/c1-14(20-22)16-4-8-18(9-5-16)24-12-3-13-25-19-10-6-17(7-11-19)15(2)21-23/h4-11,22-23H,3,12-13H2,1-2H3/b20-14-,21-15-. The second-order valence-electron chi connectivity index (χ2n) is 5.47. The van der Waals surface area contributed by atoms with E-state index in [1.807, 2.05) is 48.5 Å². The Kier molecular flexibility index (Phi) is 6.83. The second-order valence-corrected chi connectivity index (χ2v) is 5.47. The monoisotopic (exact) mass is 342 g/mol. The van der Waals surface area contributed by atoms with Gasteiger partial charge in [0.2, 0.25) is 0 Å². The largest absolute Gasteiger partial charge is 0.493 e. The highest BCUT2D eigenvalue weighted by Gasteiger charge is 2.01. The fourth-order valence-electron chi connectivity index (χ4n) is 2.14. The van der Waals surface area contributed by atoms with Gasteiger partial charge in [-0.3, -0.25) is 0 Å². The summed E-state index contributed by atoms with van der Waals surface area (Å²) in [4.78, 5) is 0. The van der Waals surface area contributed by atoms with E-state index in [4.69, 9.17) is 19.9 Å². The number of rotatable bonds is 8. The number of nitrogens with zero attached hydrogens (tertiary/aromatic N) is 2. The highest BCUT2D eigenvalue weighted by molar-refractivity contribution is 5.98. The molecule has 0 atom stereocenters. The molecule has 2 aromatic rings. The maximum atomic E-state index is 8.73. The molecule has 0 amide bonds. The van der Waals surface area contributed by atoms with Crippen LogP contribution in [0, 0.1) is 0 Å². The minimum atomic E-state index is 0.542. The van der Waals surface area contributed by atoms with Crippen molar-refractivity contribution >= 4 is 11.4 Å². The Labute approximate surface area is 147 Å². The van der Waals surface area contributed by atoms with E-state index in [1.54, 1.807) is 13.8 Å². The molecule has 0 saturated heterocycles. The predicted octanol–water partition coefficient (Wildman–Crippen LogP) is 3.93. The average Bonchev–Trinajstić information content (AvgIpc) is 2.67. The van der Waals surface area contributed by atoms with E-state index in [-0.39, 0.29) is 0 Å². The van der Waals surface area contributed by atoms with Crippen molar-refractivity contribution in [2.45, 2.75) is 20.3 Å². The van der Waals surface area contributed by atoms with Crippen LogP contribution < -0.4 is 9.47 Å². The molecule has 0 saturated carbocycles. The van der Waals surface area contributed by atoms with Gasteiger partial charge >= 0.3 is 0 Å². The minimum Gasteiger partial charge on any atom is -0.493 e. The number of benzene rings is 2. The Balaban J connectivity index is 1.71. The molecular formula is C19H22N2O4. The molecule has 0 aliphatic rings. The number of oxime groups is 2. The van der Waals surface area contributed by atoms with Crippen molar-refractivity contribution in [3.05, 3.63) is 59.7 Å². The van der Waals surface area contributed by atoms with Crippen LogP contribution >= 0.6 is 0 Å². The topological polar surface area (TPSA) is 83.6 Å². The number of hydrogen-bond acceptors (Lipinski definition) is 6. The quantitative estimate of drug-likeness (QED) is 0.329. The summed E-state index contributed by atoms with van der Waals surface area (Å²) < 4.78 is 11.3. The smallest absolute Gasteiger partial charge is 0.119 e. The highest BCUT2D eigenvalue weighted by Crippen LogP contribution is 2.15. The minimum absolute atomic E-state index is 0.542. The summed E-state index contributed by atoms with van der Waals surface area (Å²) in [5.74, 6) is 1.52. The van der Waals surface area contributed by atoms with E-state index in [9.17, 15) is 0 Å². The van der Waals surface area contributed by atoms with Gasteiger partial charge in [0.05, 0.1) is 24.6 Å². The van der Waals surface area contributed by atoms with Crippen LogP contribution in [0.4, 0.5) is 0 Å². The molecule has 0 radical (unpaired) electrons. The Bertz CT molecular complexity index is 659. The first-order chi connectivity index (χ1) is 12.1. The molecule has 25 heavy (non-hydrogen) atoms. The van der Waals surface area contributed by atoms with Crippen LogP contribution in [0.15, 0.2) is 58.8 Å². The molecule has 0 unspecified atom stereocenters. The van der Waals surface area contributed by atoms with E-state index in [1.165, 1.54) is 0 Å². The van der Waals surface area contributed by atoms with Crippen LogP contribution in [0.5, 0.6) is 11.5 Å². The lowest BCUT2D eigenvalue weighted by Gasteiger charge is -2.09. The normalized spacial score (nSPS) is 12.1. The molecule has 2 N–H and O–H groups in total. The lowest BCUT2D eigenvalue weighted by Crippen LogP contribution is -2.05. The van der Waals surface area contributed by atoms with Gasteiger partial charge in [-0.2, -0.15) is 0 Å². The van der Waals surface area contributed by atoms with Gasteiger partial charge in [-0.05, 0) is 73.5 Å². The Morgan fingerprint density at radius 3 is 1.40 bits per heavy atom. The fourth-order valence-corrected chi connectivity index (χ4v) is 2.14. The molecule has 2 aromatic carbocycles. The second kappa shape index (κ2) is 9.32. The Morgan fingerprint density at radius 2 is 1.08 bits per heavy atom. The zero-order chi connectivity index (χ0) is 18.1. The zero-order valence-electron chi connectivity index (χ0n) is 14.3. The van der Waals surface area contributed by atoms with Crippen molar-refractivity contribution in [3.8, 4) is 11.5 Å². The fraction of sp³-hybridized carbons (Fsp3) is 0.263. The third-order valence-corrected chi connectivity index (χ3v) is 3.67. The number of ether oxygens (including phenoxy) is 2. The Hall–Kier alpha value is -3.02. The molecule has 0 heterocycles. The van der Waals surface area contributed by atoms with E-state index in [2.05, 4.69) is 10.3 Å². The van der Waals surface area contributed by atoms with Crippen LogP contribution in [-0.4, -0.2) is 35.1 Å². The van der Waals surface area contributed by atoms with Gasteiger partial charge in [0.1, 0.15) is 11.5 Å². The number of hydrogen-bond donors (Lipinski definition) is 2. The molecule has 0 aliphatic heterocycles. The molecule has 0 bridgehead atoms. The van der Waals surface area contributed by atoms with Crippen molar-refractivity contribution < 1.29 is 19.9 Å². The summed E-state index contributed by atoms with van der Waals surface area (Å²) in [6.45, 7) is 4.55. The zero-order valence-corrected chi connectivity index (χ0v) is 14.3.